The minimum atomic E-state index is -0.602. The fraction of sp³-hybridized carbons (Fsp3) is 0.520. The van der Waals surface area contributed by atoms with Crippen LogP contribution in [0, 0.1) is 0 Å². The van der Waals surface area contributed by atoms with Crippen LogP contribution in [0.4, 0.5) is 0 Å². The van der Waals surface area contributed by atoms with Crippen LogP contribution in [0.15, 0.2) is 42.5 Å². The summed E-state index contributed by atoms with van der Waals surface area (Å²) in [5.74, 6) is 1.07. The van der Waals surface area contributed by atoms with E-state index in [-0.39, 0.29) is 5.75 Å². The molecule has 0 aliphatic rings. The van der Waals surface area contributed by atoms with Crippen molar-refractivity contribution in [3.05, 3.63) is 59.2 Å². The Kier molecular flexibility index (Phi) is 12.0. The first-order valence-electron chi connectivity index (χ1n) is 11.0. The summed E-state index contributed by atoms with van der Waals surface area (Å²) < 4.78 is 16.0. The molecule has 0 radical (unpaired) electrons. The molecule has 2 rings (SSSR count). The molecule has 0 aliphatic heterocycles. The molecule has 0 bridgehead atoms. The van der Waals surface area contributed by atoms with Crippen molar-refractivity contribution in [2.45, 2.75) is 44.8 Å². The van der Waals surface area contributed by atoms with Crippen molar-refractivity contribution < 1.29 is 24.4 Å². The highest BCUT2D eigenvalue weighted by atomic mass is 16.5. The molecule has 0 aliphatic carbocycles. The van der Waals surface area contributed by atoms with Gasteiger partial charge in [-0.3, -0.25) is 0 Å². The van der Waals surface area contributed by atoms with Crippen molar-refractivity contribution in [3.8, 4) is 11.5 Å². The summed E-state index contributed by atoms with van der Waals surface area (Å²) in [6.45, 7) is 3.23. The molecule has 1 atom stereocenters. The zero-order valence-corrected chi connectivity index (χ0v) is 18.8. The fourth-order valence-corrected chi connectivity index (χ4v) is 3.33. The van der Waals surface area contributed by atoms with Crippen molar-refractivity contribution >= 4 is 0 Å². The first-order valence-corrected chi connectivity index (χ1v) is 11.0. The number of hydrogen-bond acceptors (Lipinski definition) is 6. The van der Waals surface area contributed by atoms with Gasteiger partial charge in [0.25, 0.3) is 0 Å². The molecule has 31 heavy (non-hydrogen) atoms. The van der Waals surface area contributed by atoms with Gasteiger partial charge >= 0.3 is 0 Å². The van der Waals surface area contributed by atoms with E-state index in [2.05, 4.69) is 17.4 Å². The van der Waals surface area contributed by atoms with Crippen LogP contribution >= 0.6 is 0 Å². The number of methoxy groups -OCH3 is 2. The maximum atomic E-state index is 10.3. The van der Waals surface area contributed by atoms with E-state index in [0.717, 1.165) is 63.2 Å². The topological polar surface area (TPSA) is 80.2 Å². The lowest BCUT2D eigenvalue weighted by atomic mass is 10.1. The molecule has 0 spiro atoms. The van der Waals surface area contributed by atoms with Crippen molar-refractivity contribution in [2.24, 2.45) is 0 Å². The third kappa shape index (κ3) is 9.70. The summed E-state index contributed by atoms with van der Waals surface area (Å²) >= 11 is 0. The Balaban J connectivity index is 1.46. The maximum absolute atomic E-state index is 10.3. The van der Waals surface area contributed by atoms with Crippen molar-refractivity contribution in [2.75, 3.05) is 40.5 Å². The average Bonchev–Trinajstić information content (AvgIpc) is 2.79. The van der Waals surface area contributed by atoms with Crippen LogP contribution in [-0.4, -0.2) is 50.7 Å². The number of nitrogens with one attached hydrogen (secondary N) is 1. The number of benzene rings is 2. The lowest BCUT2D eigenvalue weighted by Gasteiger charge is -2.14. The Hall–Kier alpha value is -2.12. The van der Waals surface area contributed by atoms with Crippen LogP contribution in [0.2, 0.25) is 0 Å². The van der Waals surface area contributed by atoms with Crippen molar-refractivity contribution in [1.82, 2.24) is 5.32 Å². The number of aliphatic hydroxyl groups is 1. The van der Waals surface area contributed by atoms with Gasteiger partial charge in [0.15, 0.2) is 0 Å². The van der Waals surface area contributed by atoms with E-state index in [9.17, 15) is 10.2 Å². The number of aromatic hydroxyl groups is 1. The second-order valence-corrected chi connectivity index (χ2v) is 7.67. The molecule has 6 heteroatoms. The zero-order valence-electron chi connectivity index (χ0n) is 18.8. The van der Waals surface area contributed by atoms with E-state index in [0.29, 0.717) is 18.7 Å². The van der Waals surface area contributed by atoms with Gasteiger partial charge in [-0.05, 0) is 61.2 Å². The lowest BCUT2D eigenvalue weighted by molar-refractivity contribution is 0.132. The van der Waals surface area contributed by atoms with Crippen LogP contribution in [-0.2, 0) is 22.5 Å². The SMILES string of the molecule is COCc1cc(C(O)CNCCCCCCOCCc2ccc(OC)cc2)ccc1O. The van der Waals surface area contributed by atoms with Crippen LogP contribution in [0.3, 0.4) is 0 Å². The van der Waals surface area contributed by atoms with E-state index in [1.54, 1.807) is 32.4 Å². The highest BCUT2D eigenvalue weighted by Gasteiger charge is 2.10. The number of phenols is 1. The van der Waals surface area contributed by atoms with E-state index in [4.69, 9.17) is 14.2 Å². The van der Waals surface area contributed by atoms with Gasteiger partial charge in [0.2, 0.25) is 0 Å². The Labute approximate surface area is 186 Å². The molecular weight excluding hydrogens is 394 g/mol. The molecule has 172 valence electrons. The number of unbranched alkanes of at least 4 members (excludes halogenated alkanes) is 3. The fourth-order valence-electron chi connectivity index (χ4n) is 3.33. The van der Waals surface area contributed by atoms with Crippen LogP contribution < -0.4 is 10.1 Å². The number of aliphatic hydroxyl groups excluding tert-OH is 1. The molecule has 1 unspecified atom stereocenters. The largest absolute Gasteiger partial charge is 0.508 e. The predicted octanol–water partition coefficient (Wildman–Crippen LogP) is 3.99. The molecule has 2 aromatic rings. The number of rotatable bonds is 16. The van der Waals surface area contributed by atoms with Gasteiger partial charge in [0.1, 0.15) is 11.5 Å². The van der Waals surface area contributed by atoms with E-state index < -0.39 is 6.10 Å². The van der Waals surface area contributed by atoms with Gasteiger partial charge in [0.05, 0.1) is 26.4 Å². The van der Waals surface area contributed by atoms with Gasteiger partial charge in [0, 0.05) is 25.8 Å². The van der Waals surface area contributed by atoms with Crippen LogP contribution in [0.5, 0.6) is 11.5 Å². The maximum Gasteiger partial charge on any atom is 0.121 e. The molecule has 0 heterocycles. The van der Waals surface area contributed by atoms with Gasteiger partial charge in [-0.2, -0.15) is 0 Å². The monoisotopic (exact) mass is 431 g/mol. The van der Waals surface area contributed by atoms with E-state index in [1.807, 2.05) is 12.1 Å². The molecule has 0 amide bonds. The Bertz CT molecular complexity index is 735. The van der Waals surface area contributed by atoms with Gasteiger partial charge in [-0.15, -0.1) is 0 Å². The normalized spacial score (nSPS) is 12.1. The summed E-state index contributed by atoms with van der Waals surface area (Å²) in [6.07, 6.45) is 4.75. The number of phenolic OH excluding ortho intramolecular Hbond substituents is 1. The minimum Gasteiger partial charge on any atom is -0.508 e. The first kappa shape index (κ1) is 25.1. The number of hydrogen-bond donors (Lipinski definition) is 3. The average molecular weight is 432 g/mol. The molecule has 3 N–H and O–H groups in total. The Morgan fingerprint density at radius 1 is 0.935 bits per heavy atom. The highest BCUT2D eigenvalue weighted by molar-refractivity contribution is 5.36. The van der Waals surface area contributed by atoms with Crippen LogP contribution in [0.1, 0.15) is 48.5 Å². The molecular formula is C25H37NO5. The quantitative estimate of drug-likeness (QED) is 0.349. The summed E-state index contributed by atoms with van der Waals surface area (Å²) in [6, 6.07) is 13.2. The highest BCUT2D eigenvalue weighted by Crippen LogP contribution is 2.23. The smallest absolute Gasteiger partial charge is 0.121 e. The summed E-state index contributed by atoms with van der Waals surface area (Å²) in [5.41, 5.74) is 2.73. The third-order valence-corrected chi connectivity index (χ3v) is 5.21. The second kappa shape index (κ2) is 14.8. The molecule has 0 saturated heterocycles. The molecule has 6 nitrogen and oxygen atoms in total. The van der Waals surface area contributed by atoms with Crippen molar-refractivity contribution in [1.29, 1.82) is 0 Å². The first-order chi connectivity index (χ1) is 15.1. The molecule has 0 saturated carbocycles. The minimum absolute atomic E-state index is 0.190. The van der Waals surface area contributed by atoms with Gasteiger partial charge in [-0.25, -0.2) is 0 Å². The van der Waals surface area contributed by atoms with E-state index >= 15 is 0 Å². The zero-order chi connectivity index (χ0) is 22.3. The van der Waals surface area contributed by atoms with Gasteiger partial charge in [-0.1, -0.05) is 31.0 Å². The third-order valence-electron chi connectivity index (χ3n) is 5.21. The lowest BCUT2D eigenvalue weighted by Crippen LogP contribution is -2.22. The predicted molar refractivity (Wildman–Crippen MR) is 123 cm³/mol. The number of ether oxygens (including phenoxy) is 3. The summed E-state index contributed by atoms with van der Waals surface area (Å²) in [7, 11) is 3.26. The van der Waals surface area contributed by atoms with Crippen LogP contribution in [0.25, 0.3) is 0 Å². The molecule has 2 aromatic carbocycles. The standard InChI is InChI=1S/C25H37NO5/c1-29-19-22-17-21(9-12-24(22)27)25(28)18-26-14-5-3-4-6-15-31-16-13-20-7-10-23(30-2)11-8-20/h7-12,17,25-28H,3-6,13-16,18-19H2,1-2H3. The molecule has 0 aromatic heterocycles. The molecule has 0 fully saturated rings. The Morgan fingerprint density at radius 2 is 1.71 bits per heavy atom. The Morgan fingerprint density at radius 3 is 2.45 bits per heavy atom. The van der Waals surface area contributed by atoms with Crippen molar-refractivity contribution in [3.63, 3.8) is 0 Å². The second-order valence-electron chi connectivity index (χ2n) is 7.67. The summed E-state index contributed by atoms with van der Waals surface area (Å²) in [5, 5.41) is 23.4. The van der Waals surface area contributed by atoms with Gasteiger partial charge < -0.3 is 29.7 Å². The van der Waals surface area contributed by atoms with E-state index in [1.165, 1.54) is 5.56 Å². The summed E-state index contributed by atoms with van der Waals surface area (Å²) in [4.78, 5) is 0.